The SMILES string of the molecule is CN(C)c1ccc(CCCNC(=O)c2cccc(N(C)C)c2)cc1. The van der Waals surface area contributed by atoms with E-state index in [1.807, 2.05) is 57.4 Å². The minimum Gasteiger partial charge on any atom is -0.378 e. The first kappa shape index (κ1) is 17.9. The van der Waals surface area contributed by atoms with E-state index in [-0.39, 0.29) is 5.91 Å². The van der Waals surface area contributed by atoms with Crippen LogP contribution in [0.5, 0.6) is 0 Å². The third kappa shape index (κ3) is 5.01. The Labute approximate surface area is 145 Å². The Morgan fingerprint density at radius 3 is 2.21 bits per heavy atom. The van der Waals surface area contributed by atoms with Crippen molar-refractivity contribution in [2.24, 2.45) is 0 Å². The van der Waals surface area contributed by atoms with Crippen LogP contribution >= 0.6 is 0 Å². The lowest BCUT2D eigenvalue weighted by atomic mass is 10.1. The van der Waals surface area contributed by atoms with Crippen molar-refractivity contribution in [1.29, 1.82) is 0 Å². The molecule has 1 amide bonds. The summed E-state index contributed by atoms with van der Waals surface area (Å²) in [6.07, 6.45) is 1.89. The molecule has 2 aromatic rings. The molecule has 0 unspecified atom stereocenters. The topological polar surface area (TPSA) is 35.6 Å². The number of rotatable bonds is 7. The van der Waals surface area contributed by atoms with E-state index in [0.29, 0.717) is 12.1 Å². The highest BCUT2D eigenvalue weighted by atomic mass is 16.1. The van der Waals surface area contributed by atoms with Crippen molar-refractivity contribution < 1.29 is 4.79 Å². The highest BCUT2D eigenvalue weighted by molar-refractivity contribution is 5.95. The van der Waals surface area contributed by atoms with Gasteiger partial charge in [-0.2, -0.15) is 0 Å². The largest absolute Gasteiger partial charge is 0.378 e. The fourth-order valence-corrected chi connectivity index (χ4v) is 2.48. The number of carbonyl (C=O) groups is 1. The Hall–Kier alpha value is -2.49. The van der Waals surface area contributed by atoms with E-state index >= 15 is 0 Å². The van der Waals surface area contributed by atoms with Crippen molar-refractivity contribution in [2.45, 2.75) is 12.8 Å². The summed E-state index contributed by atoms with van der Waals surface area (Å²) in [4.78, 5) is 16.3. The van der Waals surface area contributed by atoms with Gasteiger partial charge in [-0.25, -0.2) is 0 Å². The summed E-state index contributed by atoms with van der Waals surface area (Å²) in [5, 5.41) is 3.00. The Morgan fingerprint density at radius 1 is 0.917 bits per heavy atom. The second kappa shape index (κ2) is 8.39. The quantitative estimate of drug-likeness (QED) is 0.794. The molecule has 0 atom stereocenters. The molecule has 4 nitrogen and oxygen atoms in total. The van der Waals surface area contributed by atoms with Crippen molar-refractivity contribution in [3.8, 4) is 0 Å². The number of anilines is 2. The van der Waals surface area contributed by atoms with Crippen LogP contribution in [0.2, 0.25) is 0 Å². The van der Waals surface area contributed by atoms with Crippen molar-refractivity contribution >= 4 is 17.3 Å². The van der Waals surface area contributed by atoms with Gasteiger partial charge in [-0.05, 0) is 48.7 Å². The molecule has 0 fully saturated rings. The van der Waals surface area contributed by atoms with Gasteiger partial charge in [0.05, 0.1) is 0 Å². The van der Waals surface area contributed by atoms with Crippen molar-refractivity contribution in [3.05, 3.63) is 59.7 Å². The number of hydrogen-bond acceptors (Lipinski definition) is 3. The highest BCUT2D eigenvalue weighted by Gasteiger charge is 2.06. The lowest BCUT2D eigenvalue weighted by Gasteiger charge is -2.14. The standard InChI is InChI=1S/C20H27N3O/c1-22(2)18-12-10-16(11-13-18)7-6-14-21-20(24)17-8-5-9-19(15-17)23(3)4/h5,8-13,15H,6-7,14H2,1-4H3,(H,21,24). The zero-order chi connectivity index (χ0) is 17.5. The van der Waals surface area contributed by atoms with E-state index in [1.54, 1.807) is 0 Å². The summed E-state index contributed by atoms with van der Waals surface area (Å²) >= 11 is 0. The van der Waals surface area contributed by atoms with Crippen molar-refractivity contribution in [3.63, 3.8) is 0 Å². The van der Waals surface area contributed by atoms with Crippen LogP contribution in [0.3, 0.4) is 0 Å². The second-order valence-electron chi connectivity index (χ2n) is 6.37. The normalized spacial score (nSPS) is 10.3. The number of amides is 1. The molecule has 128 valence electrons. The molecule has 0 radical (unpaired) electrons. The van der Waals surface area contributed by atoms with Gasteiger partial charge in [-0.15, -0.1) is 0 Å². The van der Waals surface area contributed by atoms with E-state index in [9.17, 15) is 4.79 Å². The summed E-state index contributed by atoms with van der Waals surface area (Å²) in [7, 11) is 8.02. The van der Waals surface area contributed by atoms with Crippen molar-refractivity contribution in [2.75, 3.05) is 44.5 Å². The fourth-order valence-electron chi connectivity index (χ4n) is 2.48. The molecule has 0 saturated heterocycles. The summed E-state index contributed by atoms with van der Waals surface area (Å²) < 4.78 is 0. The molecule has 0 aliphatic heterocycles. The first-order chi connectivity index (χ1) is 11.5. The maximum absolute atomic E-state index is 12.2. The van der Waals surface area contributed by atoms with Gasteiger partial charge >= 0.3 is 0 Å². The van der Waals surface area contributed by atoms with Crippen LogP contribution in [0.15, 0.2) is 48.5 Å². The predicted molar refractivity (Wildman–Crippen MR) is 102 cm³/mol. The number of hydrogen-bond donors (Lipinski definition) is 1. The molecule has 2 aromatic carbocycles. The Balaban J connectivity index is 1.79. The van der Waals surface area contributed by atoms with Gasteiger partial charge in [0, 0.05) is 51.7 Å². The molecule has 0 aliphatic rings. The molecule has 2 rings (SSSR count). The van der Waals surface area contributed by atoms with Gasteiger partial charge in [0.2, 0.25) is 0 Å². The summed E-state index contributed by atoms with van der Waals surface area (Å²) in [5.41, 5.74) is 4.23. The molecule has 1 N–H and O–H groups in total. The fraction of sp³-hybridized carbons (Fsp3) is 0.350. The molecule has 0 bridgehead atoms. The predicted octanol–water partition coefficient (Wildman–Crippen LogP) is 3.18. The zero-order valence-electron chi connectivity index (χ0n) is 15.0. The first-order valence-corrected chi connectivity index (χ1v) is 8.29. The number of carbonyl (C=O) groups excluding carboxylic acids is 1. The highest BCUT2D eigenvalue weighted by Crippen LogP contribution is 2.14. The zero-order valence-corrected chi connectivity index (χ0v) is 15.0. The number of aryl methyl sites for hydroxylation is 1. The third-order valence-corrected chi connectivity index (χ3v) is 4.01. The Bertz CT molecular complexity index is 663. The van der Waals surface area contributed by atoms with Crippen LogP contribution in [0.25, 0.3) is 0 Å². The molecule has 24 heavy (non-hydrogen) atoms. The van der Waals surface area contributed by atoms with Gasteiger partial charge in [0.1, 0.15) is 0 Å². The summed E-state index contributed by atoms with van der Waals surface area (Å²) in [6.45, 7) is 0.681. The van der Waals surface area contributed by atoms with Gasteiger partial charge < -0.3 is 15.1 Å². The first-order valence-electron chi connectivity index (χ1n) is 8.29. The monoisotopic (exact) mass is 325 g/mol. The van der Waals surface area contributed by atoms with Crippen LogP contribution in [0.1, 0.15) is 22.3 Å². The Kier molecular flexibility index (Phi) is 6.24. The van der Waals surface area contributed by atoms with Gasteiger partial charge in [0.25, 0.3) is 5.91 Å². The van der Waals surface area contributed by atoms with Crippen LogP contribution < -0.4 is 15.1 Å². The van der Waals surface area contributed by atoms with E-state index in [1.165, 1.54) is 11.3 Å². The van der Waals surface area contributed by atoms with Gasteiger partial charge in [0.15, 0.2) is 0 Å². The molecular formula is C20H27N3O. The summed E-state index contributed by atoms with van der Waals surface area (Å²) in [5.74, 6) is -0.0124. The molecule has 4 heteroatoms. The van der Waals surface area contributed by atoms with E-state index in [4.69, 9.17) is 0 Å². The molecule has 0 aromatic heterocycles. The number of benzene rings is 2. The molecule has 0 aliphatic carbocycles. The molecule has 0 saturated carbocycles. The third-order valence-electron chi connectivity index (χ3n) is 4.01. The average Bonchev–Trinajstić information content (AvgIpc) is 2.59. The molecule has 0 heterocycles. The lowest BCUT2D eigenvalue weighted by Crippen LogP contribution is -2.25. The van der Waals surface area contributed by atoms with E-state index in [0.717, 1.165) is 18.5 Å². The maximum atomic E-state index is 12.2. The lowest BCUT2D eigenvalue weighted by molar-refractivity contribution is 0.0953. The van der Waals surface area contributed by atoms with E-state index < -0.39 is 0 Å². The minimum atomic E-state index is -0.0124. The van der Waals surface area contributed by atoms with Gasteiger partial charge in [-0.1, -0.05) is 18.2 Å². The van der Waals surface area contributed by atoms with Crippen LogP contribution in [0, 0.1) is 0 Å². The second-order valence-corrected chi connectivity index (χ2v) is 6.37. The minimum absolute atomic E-state index is 0.0124. The maximum Gasteiger partial charge on any atom is 0.251 e. The Morgan fingerprint density at radius 2 is 1.58 bits per heavy atom. The molecular weight excluding hydrogens is 298 g/mol. The number of nitrogens with zero attached hydrogens (tertiary/aromatic N) is 2. The van der Waals surface area contributed by atoms with Crippen LogP contribution in [-0.4, -0.2) is 40.6 Å². The van der Waals surface area contributed by atoms with E-state index in [2.05, 4.69) is 34.5 Å². The average molecular weight is 325 g/mol. The van der Waals surface area contributed by atoms with Crippen molar-refractivity contribution in [1.82, 2.24) is 5.32 Å². The van der Waals surface area contributed by atoms with Crippen LogP contribution in [0.4, 0.5) is 11.4 Å². The van der Waals surface area contributed by atoms with Gasteiger partial charge in [-0.3, -0.25) is 4.79 Å². The van der Waals surface area contributed by atoms with Crippen LogP contribution in [-0.2, 0) is 6.42 Å². The smallest absolute Gasteiger partial charge is 0.251 e. The number of nitrogens with one attached hydrogen (secondary N) is 1. The summed E-state index contributed by atoms with van der Waals surface area (Å²) in [6, 6.07) is 16.2. The molecule has 0 spiro atoms.